The summed E-state index contributed by atoms with van der Waals surface area (Å²) >= 11 is 0. The molecule has 0 aliphatic heterocycles. The largest absolute Gasteiger partial charge is 0.493 e. The Bertz CT molecular complexity index is 636. The van der Waals surface area contributed by atoms with Gasteiger partial charge in [-0.25, -0.2) is 0 Å². The molecule has 0 aromatic heterocycles. The number of hydrogen-bond donors (Lipinski definition) is 1. The predicted octanol–water partition coefficient (Wildman–Crippen LogP) is 2.77. The normalized spacial score (nSPS) is 10.5. The fourth-order valence-corrected chi connectivity index (χ4v) is 1.82. The number of amides is 1. The van der Waals surface area contributed by atoms with E-state index < -0.39 is 5.91 Å². The minimum Gasteiger partial charge on any atom is -0.493 e. The summed E-state index contributed by atoms with van der Waals surface area (Å²) in [6, 6.07) is 15.3. The number of methoxy groups -OCH3 is 1. The minimum absolute atomic E-state index is 0.466. The van der Waals surface area contributed by atoms with Crippen molar-refractivity contribution < 1.29 is 14.3 Å². The molecule has 0 aliphatic carbocycles. The summed E-state index contributed by atoms with van der Waals surface area (Å²) in [6.45, 7) is 0.466. The standard InChI is InChI=1S/C17H17NO3/c1-20-16-11-13(8-10-17(18)19)7-9-15(16)21-12-14-5-3-2-4-6-14/h2-11H,12H2,1H3,(H2,18,19). The number of rotatable bonds is 6. The maximum Gasteiger partial charge on any atom is 0.241 e. The number of benzene rings is 2. The van der Waals surface area contributed by atoms with Crippen LogP contribution >= 0.6 is 0 Å². The summed E-state index contributed by atoms with van der Waals surface area (Å²) in [4.78, 5) is 10.7. The Labute approximate surface area is 123 Å². The molecule has 4 nitrogen and oxygen atoms in total. The molecule has 2 aromatic carbocycles. The molecule has 2 aromatic rings. The van der Waals surface area contributed by atoms with Gasteiger partial charge in [-0.3, -0.25) is 4.79 Å². The van der Waals surface area contributed by atoms with Gasteiger partial charge >= 0.3 is 0 Å². The van der Waals surface area contributed by atoms with Crippen LogP contribution in [0.2, 0.25) is 0 Å². The first-order valence-electron chi connectivity index (χ1n) is 6.51. The smallest absolute Gasteiger partial charge is 0.241 e. The zero-order valence-corrected chi connectivity index (χ0v) is 11.8. The third kappa shape index (κ3) is 4.38. The van der Waals surface area contributed by atoms with E-state index in [-0.39, 0.29) is 0 Å². The van der Waals surface area contributed by atoms with Gasteiger partial charge in [-0.2, -0.15) is 0 Å². The van der Waals surface area contributed by atoms with Crippen molar-refractivity contribution in [2.45, 2.75) is 6.61 Å². The first-order chi connectivity index (χ1) is 10.2. The lowest BCUT2D eigenvalue weighted by Crippen LogP contribution is -2.05. The fourth-order valence-electron chi connectivity index (χ4n) is 1.82. The third-order valence-electron chi connectivity index (χ3n) is 2.86. The molecule has 0 atom stereocenters. The Morgan fingerprint density at radius 3 is 2.57 bits per heavy atom. The molecule has 0 saturated heterocycles. The number of nitrogens with two attached hydrogens (primary N) is 1. The number of hydrogen-bond acceptors (Lipinski definition) is 3. The molecule has 0 aliphatic rings. The molecule has 0 saturated carbocycles. The van der Waals surface area contributed by atoms with Gasteiger partial charge in [-0.15, -0.1) is 0 Å². The van der Waals surface area contributed by atoms with Gasteiger partial charge in [-0.1, -0.05) is 36.4 Å². The topological polar surface area (TPSA) is 61.5 Å². The van der Waals surface area contributed by atoms with Crippen LogP contribution < -0.4 is 15.2 Å². The average Bonchev–Trinajstić information content (AvgIpc) is 2.52. The molecule has 2 rings (SSSR count). The molecular formula is C17H17NO3. The lowest BCUT2D eigenvalue weighted by molar-refractivity contribution is -0.113. The van der Waals surface area contributed by atoms with Crippen LogP contribution in [-0.4, -0.2) is 13.0 Å². The zero-order chi connectivity index (χ0) is 15.1. The van der Waals surface area contributed by atoms with Crippen LogP contribution in [0.15, 0.2) is 54.6 Å². The highest BCUT2D eigenvalue weighted by Crippen LogP contribution is 2.29. The molecule has 0 spiro atoms. The van der Waals surface area contributed by atoms with E-state index in [2.05, 4.69) is 0 Å². The van der Waals surface area contributed by atoms with Crippen molar-refractivity contribution in [2.24, 2.45) is 5.73 Å². The Hall–Kier alpha value is -2.75. The number of primary amides is 1. The van der Waals surface area contributed by atoms with Gasteiger partial charge in [0.1, 0.15) is 6.61 Å². The molecule has 0 radical (unpaired) electrons. The molecule has 4 heteroatoms. The Kier molecular flexibility index (Phi) is 4.99. The maximum absolute atomic E-state index is 10.7. The lowest BCUT2D eigenvalue weighted by atomic mass is 10.2. The molecular weight excluding hydrogens is 266 g/mol. The van der Waals surface area contributed by atoms with E-state index >= 15 is 0 Å². The fraction of sp³-hybridized carbons (Fsp3) is 0.118. The van der Waals surface area contributed by atoms with Crippen molar-refractivity contribution in [1.29, 1.82) is 0 Å². The first-order valence-corrected chi connectivity index (χ1v) is 6.51. The van der Waals surface area contributed by atoms with Gasteiger partial charge in [0, 0.05) is 6.08 Å². The summed E-state index contributed by atoms with van der Waals surface area (Å²) in [5.74, 6) is 0.772. The van der Waals surface area contributed by atoms with Crippen molar-refractivity contribution in [3.05, 3.63) is 65.7 Å². The van der Waals surface area contributed by atoms with Gasteiger partial charge < -0.3 is 15.2 Å². The number of carbonyl (C=O) groups is 1. The SMILES string of the molecule is COc1cc(C=CC(N)=O)ccc1OCc1ccccc1. The molecule has 0 heterocycles. The van der Waals surface area contributed by atoms with Crippen LogP contribution in [0.1, 0.15) is 11.1 Å². The number of carbonyl (C=O) groups excluding carboxylic acids is 1. The predicted molar refractivity (Wildman–Crippen MR) is 82.0 cm³/mol. The quantitative estimate of drug-likeness (QED) is 0.829. The summed E-state index contributed by atoms with van der Waals surface area (Å²) < 4.78 is 11.1. The van der Waals surface area contributed by atoms with E-state index in [0.29, 0.717) is 18.1 Å². The monoisotopic (exact) mass is 283 g/mol. The highest BCUT2D eigenvalue weighted by atomic mass is 16.5. The summed E-state index contributed by atoms with van der Waals surface area (Å²) in [5, 5.41) is 0. The van der Waals surface area contributed by atoms with E-state index in [9.17, 15) is 4.79 Å². The second-order valence-corrected chi connectivity index (χ2v) is 4.42. The van der Waals surface area contributed by atoms with Crippen LogP contribution in [-0.2, 0) is 11.4 Å². The van der Waals surface area contributed by atoms with Crippen LogP contribution in [0, 0.1) is 0 Å². The van der Waals surface area contributed by atoms with E-state index in [1.54, 1.807) is 19.3 Å². The summed E-state index contributed by atoms with van der Waals surface area (Å²) in [7, 11) is 1.58. The molecule has 108 valence electrons. The first kappa shape index (κ1) is 14.7. The second-order valence-electron chi connectivity index (χ2n) is 4.42. The number of ether oxygens (including phenoxy) is 2. The van der Waals surface area contributed by atoms with Gasteiger partial charge in [-0.05, 0) is 29.3 Å². The Morgan fingerprint density at radius 2 is 1.90 bits per heavy atom. The van der Waals surface area contributed by atoms with Crippen molar-refractivity contribution in [2.75, 3.05) is 7.11 Å². The van der Waals surface area contributed by atoms with Crippen molar-refractivity contribution in [1.82, 2.24) is 0 Å². The van der Waals surface area contributed by atoms with E-state index in [4.69, 9.17) is 15.2 Å². The van der Waals surface area contributed by atoms with Crippen molar-refractivity contribution in [3.8, 4) is 11.5 Å². The van der Waals surface area contributed by atoms with Crippen molar-refractivity contribution >= 4 is 12.0 Å². The second kappa shape index (κ2) is 7.14. The molecule has 0 bridgehead atoms. The maximum atomic E-state index is 10.7. The van der Waals surface area contributed by atoms with Crippen LogP contribution in [0.25, 0.3) is 6.08 Å². The molecule has 21 heavy (non-hydrogen) atoms. The highest BCUT2D eigenvalue weighted by molar-refractivity contribution is 5.90. The van der Waals surface area contributed by atoms with Gasteiger partial charge in [0.2, 0.25) is 5.91 Å². The lowest BCUT2D eigenvalue weighted by Gasteiger charge is -2.11. The van der Waals surface area contributed by atoms with E-state index in [1.807, 2.05) is 42.5 Å². The van der Waals surface area contributed by atoms with E-state index in [0.717, 1.165) is 11.1 Å². The zero-order valence-electron chi connectivity index (χ0n) is 11.8. The van der Waals surface area contributed by atoms with Crippen LogP contribution in [0.3, 0.4) is 0 Å². The summed E-state index contributed by atoms with van der Waals surface area (Å²) in [5.41, 5.74) is 6.97. The Balaban J connectivity index is 2.11. The molecule has 0 unspecified atom stereocenters. The summed E-state index contributed by atoms with van der Waals surface area (Å²) in [6.07, 6.45) is 2.94. The van der Waals surface area contributed by atoms with Gasteiger partial charge in [0.25, 0.3) is 0 Å². The molecule has 0 fully saturated rings. The molecule has 2 N–H and O–H groups in total. The van der Waals surface area contributed by atoms with Crippen LogP contribution in [0.5, 0.6) is 11.5 Å². The van der Waals surface area contributed by atoms with Gasteiger partial charge in [0.05, 0.1) is 7.11 Å². The molecule has 1 amide bonds. The third-order valence-corrected chi connectivity index (χ3v) is 2.86. The van der Waals surface area contributed by atoms with E-state index in [1.165, 1.54) is 6.08 Å². The average molecular weight is 283 g/mol. The van der Waals surface area contributed by atoms with Crippen molar-refractivity contribution in [3.63, 3.8) is 0 Å². The van der Waals surface area contributed by atoms with Crippen LogP contribution in [0.4, 0.5) is 0 Å². The van der Waals surface area contributed by atoms with Gasteiger partial charge in [0.15, 0.2) is 11.5 Å². The highest BCUT2D eigenvalue weighted by Gasteiger charge is 2.05. The minimum atomic E-state index is -0.488. The Morgan fingerprint density at radius 1 is 1.14 bits per heavy atom.